The Hall–Kier alpha value is 0.492. The summed E-state index contributed by atoms with van der Waals surface area (Å²) in [4.78, 5) is 0. The standard InChI is InChI=1S/C3H7O.Al.3H/c1-3-4-2;;;;/h1,3H2,2H3;;;;. The molecule has 31 valence electrons. The van der Waals surface area contributed by atoms with Gasteiger partial charge in [0.15, 0.2) is 17.4 Å². The van der Waals surface area contributed by atoms with Gasteiger partial charge in [-0.3, -0.25) is 0 Å². The minimum atomic E-state index is 0. The Balaban J connectivity index is 0. The molecule has 0 spiro atoms. The molecule has 1 nitrogen and oxygen atoms in total. The summed E-state index contributed by atoms with van der Waals surface area (Å²) in [6.45, 7) is 3.95. The smallest absolute Gasteiger partial charge is 0.187 e. The van der Waals surface area contributed by atoms with Crippen molar-refractivity contribution in [3.8, 4) is 0 Å². The molecule has 0 fully saturated rings. The van der Waals surface area contributed by atoms with E-state index in [1.165, 1.54) is 0 Å². The molecule has 0 saturated heterocycles. The molecule has 0 unspecified atom stereocenters. The quantitative estimate of drug-likeness (QED) is 0.385. The third-order valence-corrected chi connectivity index (χ3v) is 0.204. The van der Waals surface area contributed by atoms with Crippen molar-refractivity contribution < 1.29 is 4.74 Å². The normalized spacial score (nSPS) is 6.00. The summed E-state index contributed by atoms with van der Waals surface area (Å²) >= 11 is 0. The van der Waals surface area contributed by atoms with E-state index in [-0.39, 0.29) is 17.4 Å². The molecule has 0 aliphatic heterocycles. The van der Waals surface area contributed by atoms with Gasteiger partial charge in [0, 0.05) is 13.7 Å². The van der Waals surface area contributed by atoms with Gasteiger partial charge >= 0.3 is 0 Å². The highest BCUT2D eigenvalue weighted by molar-refractivity contribution is 5.75. The van der Waals surface area contributed by atoms with Gasteiger partial charge < -0.3 is 4.74 Å². The van der Waals surface area contributed by atoms with Crippen LogP contribution in [0.25, 0.3) is 0 Å². The molecule has 2 heteroatoms. The summed E-state index contributed by atoms with van der Waals surface area (Å²) in [6, 6.07) is 0. The van der Waals surface area contributed by atoms with Crippen LogP contribution in [0.5, 0.6) is 0 Å². The van der Waals surface area contributed by atoms with Crippen LogP contribution in [0.3, 0.4) is 0 Å². The van der Waals surface area contributed by atoms with Gasteiger partial charge in [-0.1, -0.05) is 0 Å². The highest BCUT2D eigenvalue weighted by Gasteiger charge is 1.51. The van der Waals surface area contributed by atoms with Crippen molar-refractivity contribution in [1.82, 2.24) is 0 Å². The van der Waals surface area contributed by atoms with Gasteiger partial charge in [0.2, 0.25) is 0 Å². The minimum absolute atomic E-state index is 0. The average molecular weight is 89.1 g/mol. The molecule has 0 heterocycles. The highest BCUT2D eigenvalue weighted by Crippen LogP contribution is 1.51. The van der Waals surface area contributed by atoms with Crippen molar-refractivity contribution in [2.45, 2.75) is 0 Å². The van der Waals surface area contributed by atoms with Gasteiger partial charge in [-0.05, 0) is 6.92 Å². The molecule has 0 aromatic heterocycles. The summed E-state index contributed by atoms with van der Waals surface area (Å²) in [7, 11) is 1.62. The molecule has 1 radical (unpaired) electrons. The number of rotatable bonds is 1. The van der Waals surface area contributed by atoms with Crippen molar-refractivity contribution in [3.05, 3.63) is 6.92 Å². The molecule has 0 rings (SSSR count). The fourth-order valence-corrected chi connectivity index (χ4v) is 0. The monoisotopic (exact) mass is 89.1 g/mol. The molecular formula is C3H10AlO. The molecular weight excluding hydrogens is 79.0 g/mol. The molecule has 0 bridgehead atoms. The van der Waals surface area contributed by atoms with E-state index in [0.29, 0.717) is 6.61 Å². The molecule has 0 aliphatic carbocycles. The number of hydrogen-bond acceptors (Lipinski definition) is 1. The summed E-state index contributed by atoms with van der Waals surface area (Å²) in [5, 5.41) is 0. The zero-order valence-electron chi connectivity index (χ0n) is 2.82. The summed E-state index contributed by atoms with van der Waals surface area (Å²) in [5.74, 6) is 0. The SMILES string of the molecule is [AlH3].[CH2]COC. The lowest BCUT2D eigenvalue weighted by atomic mass is 10.9. The summed E-state index contributed by atoms with van der Waals surface area (Å²) in [5.41, 5.74) is 0. The van der Waals surface area contributed by atoms with E-state index in [1.807, 2.05) is 0 Å². The Morgan fingerprint density at radius 1 is 1.80 bits per heavy atom. The Kier molecular flexibility index (Phi) is 16.0. The van der Waals surface area contributed by atoms with Crippen LogP contribution in [-0.4, -0.2) is 31.1 Å². The average Bonchev–Trinajstić information content (AvgIpc) is 1.37. The van der Waals surface area contributed by atoms with Gasteiger partial charge in [-0.25, -0.2) is 0 Å². The lowest BCUT2D eigenvalue weighted by Gasteiger charge is -1.76. The van der Waals surface area contributed by atoms with Gasteiger partial charge in [-0.2, -0.15) is 0 Å². The molecule has 5 heavy (non-hydrogen) atoms. The largest absolute Gasteiger partial charge is 0.385 e. The van der Waals surface area contributed by atoms with E-state index >= 15 is 0 Å². The maximum absolute atomic E-state index is 4.43. The predicted octanol–water partition coefficient (Wildman–Crippen LogP) is -0.717. The number of hydrogen-bond donors (Lipinski definition) is 0. The molecule has 0 N–H and O–H groups in total. The molecule has 0 saturated carbocycles. The van der Waals surface area contributed by atoms with E-state index in [9.17, 15) is 0 Å². The molecule has 0 amide bonds. The maximum Gasteiger partial charge on any atom is 0.187 e. The lowest BCUT2D eigenvalue weighted by molar-refractivity contribution is 0.232. The predicted molar refractivity (Wildman–Crippen MR) is 27.2 cm³/mol. The number of ether oxygens (including phenoxy) is 1. The Bertz CT molecular complexity index is 8.85. The summed E-state index contributed by atoms with van der Waals surface area (Å²) < 4.78 is 4.43. The second-order valence-corrected chi connectivity index (χ2v) is 0.493. The fourth-order valence-electron chi connectivity index (χ4n) is 0. The van der Waals surface area contributed by atoms with Crippen molar-refractivity contribution >= 4 is 17.4 Å². The molecule has 0 aromatic rings. The van der Waals surface area contributed by atoms with Crippen LogP contribution in [-0.2, 0) is 4.74 Å². The Morgan fingerprint density at radius 2 is 2.00 bits per heavy atom. The van der Waals surface area contributed by atoms with Crippen LogP contribution < -0.4 is 0 Å². The van der Waals surface area contributed by atoms with Crippen LogP contribution in [0.4, 0.5) is 0 Å². The first kappa shape index (κ1) is 9.09. The zero-order valence-corrected chi connectivity index (χ0v) is 2.82. The van der Waals surface area contributed by atoms with E-state index in [0.717, 1.165) is 0 Å². The first-order valence-electron chi connectivity index (χ1n) is 1.20. The van der Waals surface area contributed by atoms with Crippen LogP contribution in [0.1, 0.15) is 0 Å². The number of methoxy groups -OCH3 is 1. The second kappa shape index (κ2) is 8.82. The minimum Gasteiger partial charge on any atom is -0.385 e. The van der Waals surface area contributed by atoms with Gasteiger partial charge in [0.25, 0.3) is 0 Å². The molecule has 0 atom stereocenters. The third-order valence-electron chi connectivity index (χ3n) is 0.204. The van der Waals surface area contributed by atoms with E-state index < -0.39 is 0 Å². The zero-order chi connectivity index (χ0) is 3.41. The Morgan fingerprint density at radius 3 is 2.00 bits per heavy atom. The summed E-state index contributed by atoms with van der Waals surface area (Å²) in [6.07, 6.45) is 0. The van der Waals surface area contributed by atoms with Crippen LogP contribution in [0, 0.1) is 6.92 Å². The Labute approximate surface area is 43.5 Å². The van der Waals surface area contributed by atoms with E-state index in [1.54, 1.807) is 7.11 Å². The van der Waals surface area contributed by atoms with Gasteiger partial charge in [-0.15, -0.1) is 0 Å². The van der Waals surface area contributed by atoms with Crippen molar-refractivity contribution in [1.29, 1.82) is 0 Å². The fraction of sp³-hybridized carbons (Fsp3) is 0.667. The van der Waals surface area contributed by atoms with E-state index in [4.69, 9.17) is 0 Å². The first-order chi connectivity index (χ1) is 1.91. The third kappa shape index (κ3) is 12.5. The van der Waals surface area contributed by atoms with Crippen molar-refractivity contribution in [2.75, 3.05) is 13.7 Å². The van der Waals surface area contributed by atoms with Crippen LogP contribution >= 0.6 is 0 Å². The van der Waals surface area contributed by atoms with Crippen LogP contribution in [0.15, 0.2) is 0 Å². The van der Waals surface area contributed by atoms with Gasteiger partial charge in [0.05, 0.1) is 0 Å². The van der Waals surface area contributed by atoms with Crippen molar-refractivity contribution in [2.24, 2.45) is 0 Å². The maximum atomic E-state index is 4.43. The van der Waals surface area contributed by atoms with Gasteiger partial charge in [0.1, 0.15) is 0 Å². The molecule has 0 aliphatic rings. The molecule has 0 aromatic carbocycles. The van der Waals surface area contributed by atoms with E-state index in [2.05, 4.69) is 11.7 Å². The van der Waals surface area contributed by atoms with Crippen molar-refractivity contribution in [3.63, 3.8) is 0 Å². The van der Waals surface area contributed by atoms with Crippen LogP contribution in [0.2, 0.25) is 0 Å². The highest BCUT2D eigenvalue weighted by atomic mass is 27.0. The lowest BCUT2D eigenvalue weighted by Crippen LogP contribution is -1.74. The first-order valence-corrected chi connectivity index (χ1v) is 1.20. The topological polar surface area (TPSA) is 9.23 Å². The second-order valence-electron chi connectivity index (χ2n) is 0.493.